The second-order valence-electron chi connectivity index (χ2n) is 8.03. The van der Waals surface area contributed by atoms with E-state index in [0.29, 0.717) is 18.1 Å². The smallest absolute Gasteiger partial charge is 0.273 e. The minimum Gasteiger partial charge on any atom is -0.368 e. The SMILES string of the molecule is CNC(=O)c1nnc(NC(=O)C2CC2)cc1Nc1cccc2c1N(C)Cc1cccnc1-2. The number of carbonyl (C=O) groups excluding carboxylic acids is 2. The summed E-state index contributed by atoms with van der Waals surface area (Å²) in [4.78, 5) is 31.3. The molecule has 2 aromatic heterocycles. The van der Waals surface area contributed by atoms with Crippen molar-refractivity contribution >= 4 is 34.7 Å². The normalized spacial score (nSPS) is 14.2. The van der Waals surface area contributed by atoms with Crippen molar-refractivity contribution in [3.8, 4) is 11.3 Å². The molecule has 0 saturated heterocycles. The van der Waals surface area contributed by atoms with Crippen LogP contribution < -0.4 is 20.9 Å². The lowest BCUT2D eigenvalue weighted by atomic mass is 9.97. The third-order valence-electron chi connectivity index (χ3n) is 5.68. The summed E-state index contributed by atoms with van der Waals surface area (Å²) in [6, 6.07) is 11.6. The Morgan fingerprint density at radius 2 is 1.94 bits per heavy atom. The number of anilines is 4. The van der Waals surface area contributed by atoms with Gasteiger partial charge in [-0.1, -0.05) is 18.2 Å². The largest absolute Gasteiger partial charge is 0.368 e. The highest BCUT2D eigenvalue weighted by molar-refractivity contribution is 6.01. The van der Waals surface area contributed by atoms with E-state index in [1.54, 1.807) is 12.3 Å². The summed E-state index contributed by atoms with van der Waals surface area (Å²) in [6.07, 6.45) is 3.57. The Morgan fingerprint density at radius 1 is 1.09 bits per heavy atom. The van der Waals surface area contributed by atoms with Crippen LogP contribution in [0.15, 0.2) is 42.6 Å². The van der Waals surface area contributed by atoms with Gasteiger partial charge in [0.25, 0.3) is 5.91 Å². The van der Waals surface area contributed by atoms with Gasteiger partial charge < -0.3 is 20.9 Å². The molecule has 3 heterocycles. The molecule has 0 spiro atoms. The maximum Gasteiger partial charge on any atom is 0.273 e. The highest BCUT2D eigenvalue weighted by Crippen LogP contribution is 2.43. The summed E-state index contributed by atoms with van der Waals surface area (Å²) in [5, 5.41) is 16.8. The fourth-order valence-corrected chi connectivity index (χ4v) is 3.94. The molecule has 2 amide bonds. The van der Waals surface area contributed by atoms with Crippen molar-refractivity contribution in [3.63, 3.8) is 0 Å². The number of aromatic nitrogens is 3. The van der Waals surface area contributed by atoms with Crippen molar-refractivity contribution < 1.29 is 9.59 Å². The molecule has 9 heteroatoms. The Bertz CT molecular complexity index is 1220. The average molecular weight is 429 g/mol. The quantitative estimate of drug-likeness (QED) is 0.572. The first-order valence-corrected chi connectivity index (χ1v) is 10.5. The lowest BCUT2D eigenvalue weighted by molar-refractivity contribution is -0.117. The van der Waals surface area contributed by atoms with Crippen LogP contribution in [0.2, 0.25) is 0 Å². The zero-order valence-electron chi connectivity index (χ0n) is 17.8. The monoisotopic (exact) mass is 429 g/mol. The summed E-state index contributed by atoms with van der Waals surface area (Å²) in [5.74, 6) is -0.0981. The Hall–Kier alpha value is -4.01. The topological polar surface area (TPSA) is 112 Å². The predicted octanol–water partition coefficient (Wildman–Crippen LogP) is 2.94. The fourth-order valence-electron chi connectivity index (χ4n) is 3.94. The molecule has 1 aromatic carbocycles. The summed E-state index contributed by atoms with van der Waals surface area (Å²) < 4.78 is 0. The molecule has 1 saturated carbocycles. The molecule has 2 aliphatic rings. The molecule has 5 rings (SSSR count). The second kappa shape index (κ2) is 7.92. The third kappa shape index (κ3) is 3.62. The van der Waals surface area contributed by atoms with Crippen molar-refractivity contribution in [2.45, 2.75) is 19.4 Å². The Labute approximate surface area is 185 Å². The number of nitrogens with zero attached hydrogens (tertiary/aromatic N) is 4. The van der Waals surface area contributed by atoms with Crippen LogP contribution in [-0.2, 0) is 11.3 Å². The van der Waals surface area contributed by atoms with Gasteiger partial charge >= 0.3 is 0 Å². The zero-order valence-corrected chi connectivity index (χ0v) is 17.8. The molecule has 3 N–H and O–H groups in total. The number of hydrogen-bond donors (Lipinski definition) is 3. The molecule has 1 aliphatic heterocycles. The van der Waals surface area contributed by atoms with E-state index in [1.165, 1.54) is 7.05 Å². The van der Waals surface area contributed by atoms with Gasteiger partial charge in [-0.15, -0.1) is 10.2 Å². The first kappa shape index (κ1) is 19.9. The van der Waals surface area contributed by atoms with Crippen molar-refractivity contribution in [2.24, 2.45) is 5.92 Å². The van der Waals surface area contributed by atoms with Crippen LogP contribution in [0.25, 0.3) is 11.3 Å². The predicted molar refractivity (Wildman–Crippen MR) is 122 cm³/mol. The minimum absolute atomic E-state index is 0.0363. The molecule has 1 aliphatic carbocycles. The number of nitrogens with one attached hydrogen (secondary N) is 3. The van der Waals surface area contributed by atoms with Crippen molar-refractivity contribution in [2.75, 3.05) is 29.6 Å². The first-order chi connectivity index (χ1) is 15.5. The van der Waals surface area contributed by atoms with Gasteiger partial charge in [-0.05, 0) is 30.5 Å². The maximum atomic E-state index is 12.4. The zero-order chi connectivity index (χ0) is 22.2. The van der Waals surface area contributed by atoms with Gasteiger partial charge in [-0.2, -0.15) is 0 Å². The van der Waals surface area contributed by atoms with E-state index >= 15 is 0 Å². The molecule has 0 radical (unpaired) electrons. The third-order valence-corrected chi connectivity index (χ3v) is 5.68. The Kier molecular flexibility index (Phi) is 4.93. The van der Waals surface area contributed by atoms with Crippen molar-refractivity contribution in [3.05, 3.63) is 53.9 Å². The molecule has 1 fully saturated rings. The van der Waals surface area contributed by atoms with E-state index in [0.717, 1.165) is 41.0 Å². The molecular formula is C23H23N7O2. The fraction of sp³-hybridized carbons (Fsp3) is 0.261. The van der Waals surface area contributed by atoms with Crippen LogP contribution in [0.3, 0.4) is 0 Å². The molecule has 9 nitrogen and oxygen atoms in total. The van der Waals surface area contributed by atoms with Crippen LogP contribution >= 0.6 is 0 Å². The summed E-state index contributed by atoms with van der Waals surface area (Å²) >= 11 is 0. The molecule has 32 heavy (non-hydrogen) atoms. The van der Waals surface area contributed by atoms with Gasteiger partial charge in [-0.3, -0.25) is 14.6 Å². The van der Waals surface area contributed by atoms with E-state index < -0.39 is 0 Å². The number of carbonyl (C=O) groups is 2. The van der Waals surface area contributed by atoms with E-state index in [1.807, 2.05) is 31.3 Å². The Balaban J connectivity index is 1.55. The standard InChI is InChI=1S/C23H23N7O2/c1-24-23(32)20-17(11-18(28-29-20)27-22(31)13-8-9-13)26-16-7-3-6-15-19-14(5-4-10-25-19)12-30(2)21(15)16/h3-7,10-11,13H,8-9,12H2,1-2H3,(H,24,32)(H2,26,27,28,31). The molecule has 0 bridgehead atoms. The van der Waals surface area contributed by atoms with Crippen LogP contribution in [0, 0.1) is 5.92 Å². The van der Waals surface area contributed by atoms with Gasteiger partial charge in [0, 0.05) is 44.4 Å². The van der Waals surface area contributed by atoms with Crippen LogP contribution in [0.1, 0.15) is 28.9 Å². The van der Waals surface area contributed by atoms with Gasteiger partial charge in [0.1, 0.15) is 0 Å². The Morgan fingerprint density at radius 3 is 2.72 bits per heavy atom. The molecule has 0 unspecified atom stereocenters. The molecule has 3 aromatic rings. The lowest BCUT2D eigenvalue weighted by Crippen LogP contribution is -2.24. The number of amides is 2. The number of para-hydroxylation sites is 1. The molecular weight excluding hydrogens is 406 g/mol. The van der Waals surface area contributed by atoms with Gasteiger partial charge in [0.2, 0.25) is 5.91 Å². The molecule has 162 valence electrons. The number of rotatable bonds is 5. The summed E-state index contributed by atoms with van der Waals surface area (Å²) in [5.41, 5.74) is 5.49. The van der Waals surface area contributed by atoms with E-state index in [4.69, 9.17) is 0 Å². The van der Waals surface area contributed by atoms with Gasteiger partial charge in [0.15, 0.2) is 11.5 Å². The molecule has 0 atom stereocenters. The van der Waals surface area contributed by atoms with Crippen LogP contribution in [-0.4, -0.2) is 41.1 Å². The number of pyridine rings is 1. The number of fused-ring (bicyclic) bond motifs is 3. The van der Waals surface area contributed by atoms with Gasteiger partial charge in [-0.25, -0.2) is 0 Å². The van der Waals surface area contributed by atoms with E-state index in [9.17, 15) is 9.59 Å². The maximum absolute atomic E-state index is 12.4. The van der Waals surface area contributed by atoms with Crippen molar-refractivity contribution in [1.29, 1.82) is 0 Å². The summed E-state index contributed by atoms with van der Waals surface area (Å²) in [7, 11) is 3.56. The van der Waals surface area contributed by atoms with Crippen molar-refractivity contribution in [1.82, 2.24) is 20.5 Å². The first-order valence-electron chi connectivity index (χ1n) is 10.5. The number of benzene rings is 1. The minimum atomic E-state index is -0.370. The average Bonchev–Trinajstić information content (AvgIpc) is 3.65. The highest BCUT2D eigenvalue weighted by atomic mass is 16.2. The van der Waals surface area contributed by atoms with E-state index in [-0.39, 0.29) is 23.4 Å². The number of hydrogen-bond acceptors (Lipinski definition) is 7. The van der Waals surface area contributed by atoms with Crippen LogP contribution in [0.5, 0.6) is 0 Å². The van der Waals surface area contributed by atoms with Crippen LogP contribution in [0.4, 0.5) is 22.9 Å². The second-order valence-corrected chi connectivity index (χ2v) is 8.03. The van der Waals surface area contributed by atoms with Gasteiger partial charge in [0.05, 0.1) is 22.8 Å². The van der Waals surface area contributed by atoms with E-state index in [2.05, 4.69) is 42.1 Å². The highest BCUT2D eigenvalue weighted by Gasteiger charge is 2.30. The summed E-state index contributed by atoms with van der Waals surface area (Å²) in [6.45, 7) is 0.717. The lowest BCUT2D eigenvalue weighted by Gasteiger charge is -2.31.